The van der Waals surface area contributed by atoms with E-state index in [1.54, 1.807) is 0 Å². The van der Waals surface area contributed by atoms with Gasteiger partial charge in [-0.05, 0) is 18.9 Å². The van der Waals surface area contributed by atoms with E-state index in [4.69, 9.17) is 9.84 Å². The Morgan fingerprint density at radius 3 is 2.60 bits per heavy atom. The third kappa shape index (κ3) is 6.33. The second-order valence-electron chi connectivity index (χ2n) is 4.45. The number of carboxylic acid groups (broad SMARTS) is 1. The molecule has 0 bridgehead atoms. The fourth-order valence-corrected chi connectivity index (χ4v) is 1.80. The third-order valence-corrected chi connectivity index (χ3v) is 2.81. The molecule has 110 valence electrons. The SMILES string of the molecule is CCOCCCC(=O)N[C@@H](Cc1ccccc1)C(=O)O. The smallest absolute Gasteiger partial charge is 0.326 e. The normalized spacial score (nSPS) is 11.8. The van der Waals surface area contributed by atoms with Crippen LogP contribution in [0.4, 0.5) is 0 Å². The van der Waals surface area contributed by atoms with Crippen molar-refractivity contribution in [1.29, 1.82) is 0 Å². The van der Waals surface area contributed by atoms with Gasteiger partial charge in [-0.2, -0.15) is 0 Å². The van der Waals surface area contributed by atoms with Gasteiger partial charge in [0.2, 0.25) is 5.91 Å². The number of benzene rings is 1. The number of aliphatic carboxylic acids is 1. The Hall–Kier alpha value is -1.88. The summed E-state index contributed by atoms with van der Waals surface area (Å²) in [6.07, 6.45) is 1.16. The molecule has 1 atom stereocenters. The maximum atomic E-state index is 11.7. The van der Waals surface area contributed by atoms with E-state index in [0.29, 0.717) is 19.6 Å². The first-order valence-electron chi connectivity index (χ1n) is 6.77. The summed E-state index contributed by atoms with van der Waals surface area (Å²) in [6, 6.07) is 8.35. The Kier molecular flexibility index (Phi) is 7.35. The summed E-state index contributed by atoms with van der Waals surface area (Å²) in [4.78, 5) is 22.9. The summed E-state index contributed by atoms with van der Waals surface area (Å²) in [7, 11) is 0. The molecule has 0 heterocycles. The molecule has 0 aliphatic carbocycles. The standard InChI is InChI=1S/C15H21NO4/c1-2-20-10-6-9-14(17)16-13(15(18)19)11-12-7-4-3-5-8-12/h3-5,7-8,13H,2,6,9-11H2,1H3,(H,16,17)(H,18,19)/t13-/m0/s1. The molecule has 0 aromatic heterocycles. The van der Waals surface area contributed by atoms with Crippen molar-refractivity contribution in [2.75, 3.05) is 13.2 Å². The molecule has 0 radical (unpaired) electrons. The zero-order valence-corrected chi connectivity index (χ0v) is 11.7. The quantitative estimate of drug-likeness (QED) is 0.673. The largest absolute Gasteiger partial charge is 0.480 e. The van der Waals surface area contributed by atoms with E-state index in [2.05, 4.69) is 5.32 Å². The fraction of sp³-hybridized carbons (Fsp3) is 0.467. The summed E-state index contributed by atoms with van der Waals surface area (Å²) in [5, 5.41) is 11.7. The molecule has 20 heavy (non-hydrogen) atoms. The first kappa shape index (κ1) is 16.2. The van der Waals surface area contributed by atoms with Gasteiger partial charge >= 0.3 is 5.97 Å². The van der Waals surface area contributed by atoms with Crippen LogP contribution >= 0.6 is 0 Å². The van der Waals surface area contributed by atoms with Crippen LogP contribution in [-0.4, -0.2) is 36.2 Å². The van der Waals surface area contributed by atoms with Crippen molar-refractivity contribution < 1.29 is 19.4 Å². The molecule has 1 rings (SSSR count). The molecule has 0 aliphatic rings. The van der Waals surface area contributed by atoms with Crippen molar-refractivity contribution in [2.24, 2.45) is 0 Å². The molecule has 0 saturated carbocycles. The molecule has 5 heteroatoms. The number of carbonyl (C=O) groups is 2. The van der Waals surface area contributed by atoms with E-state index in [-0.39, 0.29) is 18.7 Å². The van der Waals surface area contributed by atoms with Crippen LogP contribution in [-0.2, 0) is 20.7 Å². The number of ether oxygens (including phenoxy) is 1. The number of nitrogens with one attached hydrogen (secondary N) is 1. The van der Waals surface area contributed by atoms with E-state index in [9.17, 15) is 9.59 Å². The van der Waals surface area contributed by atoms with E-state index < -0.39 is 12.0 Å². The van der Waals surface area contributed by atoms with Crippen molar-refractivity contribution in [3.05, 3.63) is 35.9 Å². The highest BCUT2D eigenvalue weighted by Gasteiger charge is 2.19. The van der Waals surface area contributed by atoms with Crippen molar-refractivity contribution >= 4 is 11.9 Å². The van der Waals surface area contributed by atoms with Gasteiger partial charge in [-0.15, -0.1) is 0 Å². The van der Waals surface area contributed by atoms with Gasteiger partial charge in [-0.25, -0.2) is 4.79 Å². The number of rotatable bonds is 9. The first-order valence-corrected chi connectivity index (χ1v) is 6.77. The highest BCUT2D eigenvalue weighted by Crippen LogP contribution is 2.04. The average molecular weight is 279 g/mol. The van der Waals surface area contributed by atoms with Crippen molar-refractivity contribution in [3.63, 3.8) is 0 Å². The summed E-state index contributed by atoms with van der Waals surface area (Å²) in [6.45, 7) is 3.02. The second kappa shape index (κ2) is 9.09. The van der Waals surface area contributed by atoms with Gasteiger partial charge in [0.05, 0.1) is 0 Å². The molecule has 1 aromatic rings. The molecular formula is C15H21NO4. The Bertz CT molecular complexity index is 419. The molecule has 1 aromatic carbocycles. The summed E-state index contributed by atoms with van der Waals surface area (Å²) < 4.78 is 5.14. The van der Waals surface area contributed by atoms with Gasteiger partial charge < -0.3 is 15.2 Å². The lowest BCUT2D eigenvalue weighted by molar-refractivity contribution is -0.141. The molecule has 0 aliphatic heterocycles. The average Bonchev–Trinajstić information content (AvgIpc) is 2.44. The van der Waals surface area contributed by atoms with Crippen LogP contribution in [0.15, 0.2) is 30.3 Å². The monoisotopic (exact) mass is 279 g/mol. The van der Waals surface area contributed by atoms with E-state index >= 15 is 0 Å². The predicted molar refractivity (Wildman–Crippen MR) is 75.4 cm³/mol. The number of hydrogen-bond acceptors (Lipinski definition) is 3. The van der Waals surface area contributed by atoms with Gasteiger partial charge in [-0.1, -0.05) is 30.3 Å². The number of hydrogen-bond donors (Lipinski definition) is 2. The number of carboxylic acids is 1. The predicted octanol–water partition coefficient (Wildman–Crippen LogP) is 1.62. The minimum absolute atomic E-state index is 0.256. The van der Waals surface area contributed by atoms with E-state index in [0.717, 1.165) is 5.56 Å². The van der Waals surface area contributed by atoms with Crippen LogP contribution in [0.5, 0.6) is 0 Å². The van der Waals surface area contributed by atoms with Crippen LogP contribution in [0.25, 0.3) is 0 Å². The van der Waals surface area contributed by atoms with E-state index in [1.807, 2.05) is 37.3 Å². The van der Waals surface area contributed by atoms with Crippen LogP contribution in [0, 0.1) is 0 Å². The van der Waals surface area contributed by atoms with Crippen LogP contribution in [0.1, 0.15) is 25.3 Å². The topological polar surface area (TPSA) is 75.6 Å². The number of amides is 1. The maximum Gasteiger partial charge on any atom is 0.326 e. The summed E-state index contributed by atoms with van der Waals surface area (Å²) in [5.74, 6) is -1.28. The van der Waals surface area contributed by atoms with Crippen LogP contribution in [0.3, 0.4) is 0 Å². The Balaban J connectivity index is 2.43. The lowest BCUT2D eigenvalue weighted by Gasteiger charge is -2.14. The summed E-state index contributed by atoms with van der Waals surface area (Å²) >= 11 is 0. The minimum atomic E-state index is -1.02. The lowest BCUT2D eigenvalue weighted by Crippen LogP contribution is -2.42. The Morgan fingerprint density at radius 2 is 2.00 bits per heavy atom. The Labute approximate surface area is 118 Å². The number of carbonyl (C=O) groups excluding carboxylic acids is 1. The van der Waals surface area contributed by atoms with Gasteiger partial charge in [0, 0.05) is 26.1 Å². The lowest BCUT2D eigenvalue weighted by atomic mass is 10.1. The van der Waals surface area contributed by atoms with Crippen molar-refractivity contribution in [3.8, 4) is 0 Å². The molecule has 0 unspecified atom stereocenters. The molecule has 5 nitrogen and oxygen atoms in total. The fourth-order valence-electron chi connectivity index (χ4n) is 1.80. The van der Waals surface area contributed by atoms with Crippen molar-refractivity contribution in [1.82, 2.24) is 5.32 Å². The first-order chi connectivity index (χ1) is 9.63. The second-order valence-corrected chi connectivity index (χ2v) is 4.45. The van der Waals surface area contributed by atoms with Gasteiger partial charge in [-0.3, -0.25) is 4.79 Å². The maximum absolute atomic E-state index is 11.7. The van der Waals surface area contributed by atoms with Gasteiger partial charge in [0.25, 0.3) is 0 Å². The van der Waals surface area contributed by atoms with Gasteiger partial charge in [0.1, 0.15) is 6.04 Å². The zero-order valence-electron chi connectivity index (χ0n) is 11.7. The zero-order chi connectivity index (χ0) is 14.8. The van der Waals surface area contributed by atoms with Crippen LogP contribution in [0.2, 0.25) is 0 Å². The molecule has 0 fully saturated rings. The highest BCUT2D eigenvalue weighted by molar-refractivity contribution is 5.83. The molecular weight excluding hydrogens is 258 g/mol. The Morgan fingerprint density at radius 1 is 1.30 bits per heavy atom. The van der Waals surface area contributed by atoms with Crippen LogP contribution < -0.4 is 5.32 Å². The molecule has 0 spiro atoms. The minimum Gasteiger partial charge on any atom is -0.480 e. The van der Waals surface area contributed by atoms with Gasteiger partial charge in [0.15, 0.2) is 0 Å². The summed E-state index contributed by atoms with van der Waals surface area (Å²) in [5.41, 5.74) is 0.884. The van der Waals surface area contributed by atoms with E-state index in [1.165, 1.54) is 0 Å². The molecule has 1 amide bonds. The highest BCUT2D eigenvalue weighted by atomic mass is 16.5. The molecule has 0 saturated heterocycles. The third-order valence-electron chi connectivity index (χ3n) is 2.81. The molecule has 2 N–H and O–H groups in total. The van der Waals surface area contributed by atoms with Crippen molar-refractivity contribution in [2.45, 2.75) is 32.2 Å².